The summed E-state index contributed by atoms with van der Waals surface area (Å²) in [5, 5.41) is 6.95. The van der Waals surface area contributed by atoms with Gasteiger partial charge >= 0.3 is 0 Å². The molecule has 0 bridgehead atoms. The highest BCUT2D eigenvalue weighted by atomic mass is 35.5. The number of thiazole rings is 1. The Morgan fingerprint density at radius 2 is 1.93 bits per heavy atom. The van der Waals surface area contributed by atoms with Crippen LogP contribution in [0.3, 0.4) is 0 Å². The molecule has 2 N–H and O–H groups in total. The molecule has 1 heterocycles. The first-order valence-electron chi connectivity index (χ1n) is 8.70. The number of anilines is 2. The van der Waals surface area contributed by atoms with Gasteiger partial charge in [-0.15, -0.1) is 0 Å². The number of carbonyl (C=O) groups is 2. The Labute approximate surface area is 166 Å². The number of hydrogen-bond acceptors (Lipinski definition) is 4. The van der Waals surface area contributed by atoms with Gasteiger partial charge in [-0.3, -0.25) is 9.59 Å². The maximum Gasteiger partial charge on any atom is 0.228 e. The van der Waals surface area contributed by atoms with Gasteiger partial charge in [0.15, 0.2) is 5.13 Å². The Morgan fingerprint density at radius 1 is 1.11 bits per heavy atom. The van der Waals surface area contributed by atoms with Gasteiger partial charge in [-0.25, -0.2) is 4.98 Å². The molecule has 0 atom stereocenters. The number of hydrogen-bond donors (Lipinski definition) is 2. The Bertz CT molecular complexity index is 1000. The van der Waals surface area contributed by atoms with Crippen molar-refractivity contribution in [3.05, 3.63) is 52.5 Å². The van der Waals surface area contributed by atoms with E-state index in [2.05, 4.69) is 15.6 Å². The first-order chi connectivity index (χ1) is 12.9. The van der Waals surface area contributed by atoms with Crippen molar-refractivity contribution in [2.75, 3.05) is 10.6 Å². The highest BCUT2D eigenvalue weighted by molar-refractivity contribution is 7.22. The molecule has 3 rings (SSSR count). The summed E-state index contributed by atoms with van der Waals surface area (Å²) in [4.78, 5) is 28.5. The average molecular weight is 402 g/mol. The summed E-state index contributed by atoms with van der Waals surface area (Å²) >= 11 is 7.36. The third kappa shape index (κ3) is 5.05. The van der Waals surface area contributed by atoms with Crippen molar-refractivity contribution < 1.29 is 9.59 Å². The summed E-state index contributed by atoms with van der Waals surface area (Å²) in [6.45, 7) is 3.86. The van der Waals surface area contributed by atoms with Crippen LogP contribution in [0.15, 0.2) is 36.4 Å². The van der Waals surface area contributed by atoms with Crippen LogP contribution in [0.1, 0.15) is 30.9 Å². The minimum Gasteiger partial charge on any atom is -0.326 e. The van der Waals surface area contributed by atoms with E-state index in [0.717, 1.165) is 33.5 Å². The van der Waals surface area contributed by atoms with Gasteiger partial charge in [0.25, 0.3) is 0 Å². The fourth-order valence-electron chi connectivity index (χ4n) is 2.69. The lowest BCUT2D eigenvalue weighted by molar-refractivity contribution is -0.116. The van der Waals surface area contributed by atoms with Gasteiger partial charge < -0.3 is 10.6 Å². The predicted molar refractivity (Wildman–Crippen MR) is 112 cm³/mol. The number of amides is 2. The third-order valence-corrected chi connectivity index (χ3v) is 5.17. The van der Waals surface area contributed by atoms with Crippen LogP contribution in [-0.4, -0.2) is 16.8 Å². The lowest BCUT2D eigenvalue weighted by Gasteiger charge is -2.08. The number of rotatable bonds is 6. The van der Waals surface area contributed by atoms with Crippen LogP contribution in [0.4, 0.5) is 10.8 Å². The highest BCUT2D eigenvalue weighted by Gasteiger charge is 2.10. The van der Waals surface area contributed by atoms with Gasteiger partial charge in [0, 0.05) is 17.1 Å². The molecular formula is C20H20ClN3O2S. The molecule has 0 aliphatic heterocycles. The van der Waals surface area contributed by atoms with Crippen molar-refractivity contribution >= 4 is 55.8 Å². The van der Waals surface area contributed by atoms with E-state index < -0.39 is 0 Å². The second-order valence-corrected chi connectivity index (χ2v) is 7.77. The molecule has 0 spiro atoms. The van der Waals surface area contributed by atoms with E-state index in [9.17, 15) is 9.59 Å². The van der Waals surface area contributed by atoms with Gasteiger partial charge in [0.2, 0.25) is 11.8 Å². The fraction of sp³-hybridized carbons (Fsp3) is 0.250. The number of aromatic nitrogens is 1. The van der Waals surface area contributed by atoms with E-state index in [1.807, 2.05) is 38.1 Å². The van der Waals surface area contributed by atoms with Crippen molar-refractivity contribution in [1.82, 2.24) is 4.98 Å². The number of nitrogens with zero attached hydrogens (tertiary/aromatic N) is 1. The molecule has 140 valence electrons. The quantitative estimate of drug-likeness (QED) is 0.597. The molecule has 0 fully saturated rings. The van der Waals surface area contributed by atoms with Crippen LogP contribution in [0.5, 0.6) is 0 Å². The van der Waals surface area contributed by atoms with E-state index >= 15 is 0 Å². The van der Waals surface area contributed by atoms with Crippen LogP contribution in [-0.2, 0) is 16.0 Å². The van der Waals surface area contributed by atoms with E-state index in [4.69, 9.17) is 11.6 Å². The van der Waals surface area contributed by atoms with Crippen LogP contribution in [0, 0.1) is 6.92 Å². The molecule has 0 aliphatic carbocycles. The Kier molecular flexibility index (Phi) is 6.08. The monoisotopic (exact) mass is 401 g/mol. The van der Waals surface area contributed by atoms with Crippen molar-refractivity contribution in [3.63, 3.8) is 0 Å². The van der Waals surface area contributed by atoms with Crippen LogP contribution in [0.2, 0.25) is 5.02 Å². The number of benzene rings is 2. The molecule has 0 unspecified atom stereocenters. The summed E-state index contributed by atoms with van der Waals surface area (Å²) in [6, 6.07) is 11.1. The summed E-state index contributed by atoms with van der Waals surface area (Å²) in [6.07, 6.45) is 1.53. The predicted octanol–water partition coefficient (Wildman–Crippen LogP) is 5.18. The topological polar surface area (TPSA) is 71.1 Å². The lowest BCUT2D eigenvalue weighted by atomic mass is 10.1. The zero-order valence-electron chi connectivity index (χ0n) is 15.1. The van der Waals surface area contributed by atoms with Crippen molar-refractivity contribution in [1.29, 1.82) is 0 Å². The molecule has 2 amide bonds. The summed E-state index contributed by atoms with van der Waals surface area (Å²) in [7, 11) is 0. The molecule has 5 nitrogen and oxygen atoms in total. The van der Waals surface area contributed by atoms with Gasteiger partial charge in [0.05, 0.1) is 16.6 Å². The first kappa shape index (κ1) is 19.3. The second-order valence-electron chi connectivity index (χ2n) is 6.30. The Balaban J connectivity index is 1.69. The number of aryl methyl sites for hydroxylation is 1. The van der Waals surface area contributed by atoms with Crippen molar-refractivity contribution in [2.45, 2.75) is 33.1 Å². The van der Waals surface area contributed by atoms with Crippen LogP contribution in [0.25, 0.3) is 10.2 Å². The summed E-state index contributed by atoms with van der Waals surface area (Å²) in [5.74, 6) is -0.129. The number of carbonyl (C=O) groups excluding carboxylic acids is 2. The minimum absolute atomic E-state index is 0.0329. The first-order valence-corrected chi connectivity index (χ1v) is 9.89. The average Bonchev–Trinajstić information content (AvgIpc) is 2.99. The van der Waals surface area contributed by atoms with Gasteiger partial charge in [-0.2, -0.15) is 0 Å². The summed E-state index contributed by atoms with van der Waals surface area (Å²) < 4.78 is 0.940. The largest absolute Gasteiger partial charge is 0.326 e. The Morgan fingerprint density at radius 3 is 2.67 bits per heavy atom. The molecule has 0 aliphatic rings. The van der Waals surface area contributed by atoms with Crippen molar-refractivity contribution in [3.8, 4) is 0 Å². The van der Waals surface area contributed by atoms with E-state index in [0.29, 0.717) is 16.6 Å². The molecule has 0 saturated heterocycles. The van der Waals surface area contributed by atoms with E-state index in [1.165, 1.54) is 11.3 Å². The van der Waals surface area contributed by atoms with Gasteiger partial charge in [-0.05, 0) is 54.8 Å². The van der Waals surface area contributed by atoms with Gasteiger partial charge in [-0.1, -0.05) is 35.9 Å². The molecular weight excluding hydrogens is 382 g/mol. The molecule has 1 aromatic heterocycles. The molecule has 7 heteroatoms. The lowest BCUT2D eigenvalue weighted by Crippen LogP contribution is -2.15. The van der Waals surface area contributed by atoms with Crippen LogP contribution >= 0.6 is 22.9 Å². The standard InChI is InChI=1S/C20H20ClN3O2S/c1-3-4-18(25)24-20-23-16-7-5-13(10-17(16)27-20)11-19(26)22-15-8-6-14(21)9-12(15)2/h5-10H,3-4,11H2,1-2H3,(H,22,26)(H,23,24,25). The molecule has 27 heavy (non-hydrogen) atoms. The maximum absolute atomic E-state index is 12.4. The number of nitrogens with one attached hydrogen (secondary N) is 2. The smallest absolute Gasteiger partial charge is 0.228 e. The zero-order chi connectivity index (χ0) is 19.4. The minimum atomic E-state index is -0.0965. The van der Waals surface area contributed by atoms with E-state index in [1.54, 1.807) is 12.1 Å². The summed E-state index contributed by atoms with van der Waals surface area (Å²) in [5.41, 5.74) is 3.37. The molecule has 0 saturated carbocycles. The SMILES string of the molecule is CCCC(=O)Nc1nc2ccc(CC(=O)Nc3ccc(Cl)cc3C)cc2s1. The van der Waals surface area contributed by atoms with Crippen molar-refractivity contribution in [2.24, 2.45) is 0 Å². The molecule has 0 radical (unpaired) electrons. The third-order valence-electron chi connectivity index (χ3n) is 4.00. The van der Waals surface area contributed by atoms with Crippen LogP contribution < -0.4 is 10.6 Å². The highest BCUT2D eigenvalue weighted by Crippen LogP contribution is 2.27. The Hall–Kier alpha value is -2.44. The number of halogens is 1. The fourth-order valence-corrected chi connectivity index (χ4v) is 3.86. The maximum atomic E-state index is 12.4. The number of fused-ring (bicyclic) bond motifs is 1. The second kappa shape index (κ2) is 8.50. The normalized spacial score (nSPS) is 10.8. The molecule has 3 aromatic rings. The van der Waals surface area contributed by atoms with E-state index in [-0.39, 0.29) is 18.2 Å². The molecule has 2 aromatic carbocycles. The van der Waals surface area contributed by atoms with Gasteiger partial charge in [0.1, 0.15) is 0 Å². The zero-order valence-corrected chi connectivity index (χ0v) is 16.7.